The second-order valence-corrected chi connectivity index (χ2v) is 7.20. The number of para-hydroxylation sites is 2. The molecule has 0 fully saturated rings. The zero-order valence-electron chi connectivity index (χ0n) is 17.2. The highest BCUT2D eigenvalue weighted by Gasteiger charge is 2.09. The van der Waals surface area contributed by atoms with Crippen LogP contribution < -0.4 is 9.47 Å². The van der Waals surface area contributed by atoms with Gasteiger partial charge in [-0.15, -0.1) is 0 Å². The predicted octanol–water partition coefficient (Wildman–Crippen LogP) is 5.79. The number of rotatable bonds is 16. The van der Waals surface area contributed by atoms with Crippen LogP contribution in [0.2, 0.25) is 0 Å². The molecule has 0 saturated carbocycles. The van der Waals surface area contributed by atoms with Crippen LogP contribution >= 0.6 is 0 Å². The molecule has 0 radical (unpaired) electrons. The summed E-state index contributed by atoms with van der Waals surface area (Å²) in [6.45, 7) is 1.32. The van der Waals surface area contributed by atoms with Crippen LogP contribution in [0.5, 0.6) is 11.5 Å². The Balaban J connectivity index is 1.40. The van der Waals surface area contributed by atoms with Crippen molar-refractivity contribution in [2.24, 2.45) is 0 Å². The van der Waals surface area contributed by atoms with E-state index in [1.807, 2.05) is 60.7 Å². The normalized spacial score (nSPS) is 10.5. The minimum Gasteiger partial charge on any atom is -0.494 e. The maximum atomic E-state index is 11.9. The minimum atomic E-state index is 0.0615. The third kappa shape index (κ3) is 11.1. The third-order valence-electron chi connectivity index (χ3n) is 4.62. The van der Waals surface area contributed by atoms with Crippen molar-refractivity contribution in [3.63, 3.8) is 0 Å². The fourth-order valence-corrected chi connectivity index (χ4v) is 3.01. The Hall–Kier alpha value is -2.62. The maximum absolute atomic E-state index is 11.9. The number of carbonyl (C=O) groups is 2. The standard InChI is InChI=1S/C25H32O4/c26-22(13-5-3-11-19-28-24-15-7-1-8-16-24)21-23(27)14-6-4-12-20-29-25-17-9-2-10-18-25/h1-2,7-10,15-18H,3-6,11-14,19-21H2. The van der Waals surface area contributed by atoms with Crippen molar-refractivity contribution < 1.29 is 19.1 Å². The van der Waals surface area contributed by atoms with Gasteiger partial charge in [0.2, 0.25) is 0 Å². The Morgan fingerprint density at radius 3 is 1.38 bits per heavy atom. The first-order valence-electron chi connectivity index (χ1n) is 10.6. The van der Waals surface area contributed by atoms with Gasteiger partial charge in [0.25, 0.3) is 0 Å². The van der Waals surface area contributed by atoms with E-state index in [2.05, 4.69) is 0 Å². The second-order valence-electron chi connectivity index (χ2n) is 7.20. The first kappa shape index (κ1) is 22.7. The van der Waals surface area contributed by atoms with Crippen molar-refractivity contribution in [3.8, 4) is 11.5 Å². The number of ether oxygens (including phenoxy) is 2. The van der Waals surface area contributed by atoms with E-state index in [0.717, 1.165) is 50.0 Å². The van der Waals surface area contributed by atoms with Crippen molar-refractivity contribution in [2.75, 3.05) is 13.2 Å². The molecule has 0 bridgehead atoms. The molecule has 0 heterocycles. The Bertz CT molecular complexity index is 636. The van der Waals surface area contributed by atoms with E-state index < -0.39 is 0 Å². The van der Waals surface area contributed by atoms with E-state index >= 15 is 0 Å². The van der Waals surface area contributed by atoms with E-state index in [1.165, 1.54) is 0 Å². The molecule has 0 atom stereocenters. The Morgan fingerprint density at radius 1 is 0.552 bits per heavy atom. The molecule has 2 aromatic rings. The lowest BCUT2D eigenvalue weighted by molar-refractivity contribution is -0.127. The molecule has 0 unspecified atom stereocenters. The van der Waals surface area contributed by atoms with Crippen molar-refractivity contribution in [1.82, 2.24) is 0 Å². The Morgan fingerprint density at radius 2 is 0.966 bits per heavy atom. The van der Waals surface area contributed by atoms with Gasteiger partial charge in [0, 0.05) is 12.8 Å². The molecule has 0 spiro atoms. The van der Waals surface area contributed by atoms with Gasteiger partial charge in [-0.1, -0.05) is 36.4 Å². The lowest BCUT2D eigenvalue weighted by Gasteiger charge is -2.06. The molecule has 0 aromatic heterocycles. The molecule has 0 saturated heterocycles. The molecule has 0 amide bonds. The van der Waals surface area contributed by atoms with Crippen LogP contribution in [0.3, 0.4) is 0 Å². The fraction of sp³-hybridized carbons (Fsp3) is 0.440. The van der Waals surface area contributed by atoms with Gasteiger partial charge in [-0.05, 0) is 62.8 Å². The number of benzene rings is 2. The van der Waals surface area contributed by atoms with Gasteiger partial charge in [-0.2, -0.15) is 0 Å². The van der Waals surface area contributed by atoms with Gasteiger partial charge in [0.15, 0.2) is 0 Å². The number of unbranched alkanes of at least 4 members (excludes halogenated alkanes) is 4. The molecule has 29 heavy (non-hydrogen) atoms. The van der Waals surface area contributed by atoms with Gasteiger partial charge in [0.05, 0.1) is 19.6 Å². The molecular formula is C25H32O4. The minimum absolute atomic E-state index is 0.0615. The summed E-state index contributed by atoms with van der Waals surface area (Å²) < 4.78 is 11.3. The summed E-state index contributed by atoms with van der Waals surface area (Å²) in [5.41, 5.74) is 0. The van der Waals surface area contributed by atoms with E-state index in [4.69, 9.17) is 9.47 Å². The largest absolute Gasteiger partial charge is 0.494 e. The van der Waals surface area contributed by atoms with Crippen LogP contribution in [-0.4, -0.2) is 24.8 Å². The average Bonchev–Trinajstić information content (AvgIpc) is 2.74. The van der Waals surface area contributed by atoms with Crippen molar-refractivity contribution in [3.05, 3.63) is 60.7 Å². The summed E-state index contributed by atoms with van der Waals surface area (Å²) in [6.07, 6.45) is 6.41. The van der Waals surface area contributed by atoms with Crippen LogP contribution in [-0.2, 0) is 9.59 Å². The lowest BCUT2D eigenvalue weighted by Crippen LogP contribution is -2.08. The van der Waals surface area contributed by atoms with E-state index in [-0.39, 0.29) is 18.0 Å². The maximum Gasteiger partial charge on any atom is 0.140 e. The number of hydrogen-bond donors (Lipinski definition) is 0. The van der Waals surface area contributed by atoms with Crippen LogP contribution in [0, 0.1) is 0 Å². The fourth-order valence-electron chi connectivity index (χ4n) is 3.01. The van der Waals surface area contributed by atoms with E-state index in [9.17, 15) is 9.59 Å². The molecular weight excluding hydrogens is 364 g/mol. The van der Waals surface area contributed by atoms with Crippen molar-refractivity contribution in [2.45, 2.75) is 57.8 Å². The molecule has 4 nitrogen and oxygen atoms in total. The predicted molar refractivity (Wildman–Crippen MR) is 115 cm³/mol. The lowest BCUT2D eigenvalue weighted by atomic mass is 10.0. The van der Waals surface area contributed by atoms with E-state index in [1.54, 1.807) is 0 Å². The van der Waals surface area contributed by atoms with Gasteiger partial charge < -0.3 is 9.47 Å². The molecule has 0 aliphatic carbocycles. The second kappa shape index (κ2) is 14.4. The summed E-state index contributed by atoms with van der Waals surface area (Å²) in [7, 11) is 0. The highest BCUT2D eigenvalue weighted by molar-refractivity contribution is 5.98. The first-order chi connectivity index (χ1) is 14.2. The van der Waals surface area contributed by atoms with Gasteiger partial charge in [-0.25, -0.2) is 0 Å². The molecule has 156 valence electrons. The zero-order chi connectivity index (χ0) is 20.6. The van der Waals surface area contributed by atoms with Gasteiger partial charge >= 0.3 is 0 Å². The van der Waals surface area contributed by atoms with Crippen LogP contribution in [0.1, 0.15) is 57.8 Å². The van der Waals surface area contributed by atoms with Crippen molar-refractivity contribution in [1.29, 1.82) is 0 Å². The average molecular weight is 397 g/mol. The first-order valence-corrected chi connectivity index (χ1v) is 10.6. The van der Waals surface area contributed by atoms with Crippen LogP contribution in [0.4, 0.5) is 0 Å². The third-order valence-corrected chi connectivity index (χ3v) is 4.62. The van der Waals surface area contributed by atoms with Crippen LogP contribution in [0.15, 0.2) is 60.7 Å². The molecule has 4 heteroatoms. The molecule has 0 aliphatic heterocycles. The summed E-state index contributed by atoms with van der Waals surface area (Å²) in [4.78, 5) is 23.9. The van der Waals surface area contributed by atoms with Crippen molar-refractivity contribution >= 4 is 11.6 Å². The molecule has 2 rings (SSSR count). The molecule has 0 aliphatic rings. The van der Waals surface area contributed by atoms with Gasteiger partial charge in [-0.3, -0.25) is 9.59 Å². The van der Waals surface area contributed by atoms with E-state index in [0.29, 0.717) is 26.1 Å². The highest BCUT2D eigenvalue weighted by Crippen LogP contribution is 2.12. The zero-order valence-corrected chi connectivity index (χ0v) is 17.2. The van der Waals surface area contributed by atoms with Gasteiger partial charge in [0.1, 0.15) is 23.1 Å². The highest BCUT2D eigenvalue weighted by atomic mass is 16.5. The number of ketones is 2. The molecule has 2 aromatic carbocycles. The van der Waals surface area contributed by atoms with Crippen LogP contribution in [0.25, 0.3) is 0 Å². The Labute approximate surface area is 174 Å². The number of hydrogen-bond acceptors (Lipinski definition) is 4. The molecule has 0 N–H and O–H groups in total. The quantitative estimate of drug-likeness (QED) is 0.266. The summed E-state index contributed by atoms with van der Waals surface area (Å²) >= 11 is 0. The smallest absolute Gasteiger partial charge is 0.140 e. The number of Topliss-reactive ketones (excluding diaryl/α,β-unsaturated/α-hetero) is 2. The topological polar surface area (TPSA) is 52.6 Å². The summed E-state index contributed by atoms with van der Waals surface area (Å²) in [5, 5.41) is 0. The summed E-state index contributed by atoms with van der Waals surface area (Å²) in [6, 6.07) is 19.5. The number of carbonyl (C=O) groups excluding carboxylic acids is 2. The Kier molecular flexibility index (Phi) is 11.2. The SMILES string of the molecule is O=C(CCCCCOc1ccccc1)CC(=O)CCCCCOc1ccccc1. The monoisotopic (exact) mass is 396 g/mol. The summed E-state index contributed by atoms with van der Waals surface area (Å²) in [5.74, 6) is 1.87.